The molecule has 0 atom stereocenters. The van der Waals surface area contributed by atoms with Crippen LogP contribution in [-0.4, -0.2) is 25.2 Å². The second-order valence-corrected chi connectivity index (χ2v) is 5.85. The SMILES string of the molecule is FC(F)(F)c1ccccc1N1CCNC2(CCCC2)C1. The summed E-state index contributed by atoms with van der Waals surface area (Å²) in [5, 5.41) is 3.53. The Balaban J connectivity index is 1.89. The highest BCUT2D eigenvalue weighted by Crippen LogP contribution is 2.39. The summed E-state index contributed by atoms with van der Waals surface area (Å²) >= 11 is 0. The molecule has 20 heavy (non-hydrogen) atoms. The first-order valence-electron chi connectivity index (χ1n) is 7.16. The van der Waals surface area contributed by atoms with Gasteiger partial charge >= 0.3 is 6.18 Å². The van der Waals surface area contributed by atoms with Crippen molar-refractivity contribution >= 4 is 5.69 Å². The van der Waals surface area contributed by atoms with Crippen LogP contribution in [0, 0.1) is 0 Å². The van der Waals surface area contributed by atoms with Gasteiger partial charge in [-0.25, -0.2) is 0 Å². The Hall–Kier alpha value is -1.23. The number of para-hydroxylation sites is 1. The van der Waals surface area contributed by atoms with E-state index < -0.39 is 11.7 Å². The van der Waals surface area contributed by atoms with E-state index in [1.165, 1.54) is 25.0 Å². The van der Waals surface area contributed by atoms with Gasteiger partial charge in [0.25, 0.3) is 0 Å². The van der Waals surface area contributed by atoms with Crippen molar-refractivity contribution in [1.82, 2.24) is 5.32 Å². The van der Waals surface area contributed by atoms with E-state index >= 15 is 0 Å². The Morgan fingerprint density at radius 3 is 2.50 bits per heavy atom. The summed E-state index contributed by atoms with van der Waals surface area (Å²) in [4.78, 5) is 1.91. The Kier molecular flexibility index (Phi) is 3.40. The number of anilines is 1. The van der Waals surface area contributed by atoms with Crippen LogP contribution in [0.5, 0.6) is 0 Å². The first-order chi connectivity index (χ1) is 9.50. The van der Waals surface area contributed by atoms with Crippen molar-refractivity contribution in [3.63, 3.8) is 0 Å². The lowest BCUT2D eigenvalue weighted by atomic mass is 9.93. The molecule has 1 saturated carbocycles. The number of piperazine rings is 1. The van der Waals surface area contributed by atoms with Crippen LogP contribution in [0.25, 0.3) is 0 Å². The van der Waals surface area contributed by atoms with Gasteiger partial charge in [-0.2, -0.15) is 13.2 Å². The number of nitrogens with one attached hydrogen (secondary N) is 1. The lowest BCUT2D eigenvalue weighted by Crippen LogP contribution is -2.59. The average molecular weight is 284 g/mol. The van der Waals surface area contributed by atoms with Gasteiger partial charge in [0.05, 0.1) is 5.56 Å². The van der Waals surface area contributed by atoms with Crippen LogP contribution in [0.4, 0.5) is 18.9 Å². The van der Waals surface area contributed by atoms with Crippen LogP contribution in [0.1, 0.15) is 31.2 Å². The molecule has 3 rings (SSSR count). The van der Waals surface area contributed by atoms with Gasteiger partial charge in [0.15, 0.2) is 0 Å². The number of alkyl halides is 3. The molecule has 1 saturated heterocycles. The van der Waals surface area contributed by atoms with Crippen molar-refractivity contribution in [2.75, 3.05) is 24.5 Å². The van der Waals surface area contributed by atoms with Crippen molar-refractivity contribution in [3.8, 4) is 0 Å². The number of rotatable bonds is 1. The third-order valence-electron chi connectivity index (χ3n) is 4.49. The van der Waals surface area contributed by atoms with E-state index in [2.05, 4.69) is 5.32 Å². The number of halogens is 3. The van der Waals surface area contributed by atoms with Crippen LogP contribution >= 0.6 is 0 Å². The molecular weight excluding hydrogens is 265 g/mol. The van der Waals surface area contributed by atoms with Crippen molar-refractivity contribution in [3.05, 3.63) is 29.8 Å². The highest BCUT2D eigenvalue weighted by molar-refractivity contribution is 5.56. The molecule has 2 fully saturated rings. The molecule has 0 aromatic heterocycles. The Bertz CT molecular complexity index is 478. The molecule has 1 heterocycles. The minimum absolute atomic E-state index is 0.0248. The zero-order valence-corrected chi connectivity index (χ0v) is 11.3. The van der Waals surface area contributed by atoms with E-state index in [1.54, 1.807) is 12.1 Å². The van der Waals surface area contributed by atoms with Gasteiger partial charge in [0, 0.05) is 30.9 Å². The molecule has 0 radical (unpaired) electrons. The van der Waals surface area contributed by atoms with Crippen LogP contribution in [0.15, 0.2) is 24.3 Å². The van der Waals surface area contributed by atoms with Crippen LogP contribution < -0.4 is 10.2 Å². The van der Waals surface area contributed by atoms with Gasteiger partial charge in [0.2, 0.25) is 0 Å². The number of nitrogens with zero attached hydrogens (tertiary/aromatic N) is 1. The summed E-state index contributed by atoms with van der Waals surface area (Å²) in [5.74, 6) is 0. The fourth-order valence-electron chi connectivity index (χ4n) is 3.54. The van der Waals surface area contributed by atoms with E-state index in [0.717, 1.165) is 19.4 Å². The standard InChI is InChI=1S/C15H19F3N2/c16-15(17,18)12-5-1-2-6-13(12)20-10-9-19-14(11-20)7-3-4-8-14/h1-2,5-6,19H,3-4,7-11H2. The maximum atomic E-state index is 13.1. The molecule has 0 bridgehead atoms. The zero-order valence-electron chi connectivity index (χ0n) is 11.3. The quantitative estimate of drug-likeness (QED) is 0.850. The van der Waals surface area contributed by atoms with Crippen molar-refractivity contribution in [1.29, 1.82) is 0 Å². The molecule has 2 nitrogen and oxygen atoms in total. The van der Waals surface area contributed by atoms with E-state index in [0.29, 0.717) is 18.8 Å². The number of benzene rings is 1. The predicted molar refractivity (Wildman–Crippen MR) is 72.9 cm³/mol. The van der Waals surface area contributed by atoms with Crippen molar-refractivity contribution < 1.29 is 13.2 Å². The summed E-state index contributed by atoms with van der Waals surface area (Å²) in [6.07, 6.45) is 0.184. The van der Waals surface area contributed by atoms with Crippen LogP contribution in [0.2, 0.25) is 0 Å². The average Bonchev–Trinajstić information content (AvgIpc) is 2.86. The summed E-state index contributed by atoms with van der Waals surface area (Å²) in [6.45, 7) is 2.07. The highest BCUT2D eigenvalue weighted by Gasteiger charge is 2.40. The minimum atomic E-state index is -4.29. The molecule has 110 valence electrons. The molecule has 1 N–H and O–H groups in total. The highest BCUT2D eigenvalue weighted by atomic mass is 19.4. The third-order valence-corrected chi connectivity index (χ3v) is 4.49. The van der Waals surface area contributed by atoms with Crippen molar-refractivity contribution in [2.45, 2.75) is 37.4 Å². The van der Waals surface area contributed by atoms with E-state index in [1.807, 2.05) is 4.90 Å². The first-order valence-corrected chi connectivity index (χ1v) is 7.16. The Morgan fingerprint density at radius 1 is 1.10 bits per heavy atom. The summed E-state index contributed by atoms with van der Waals surface area (Å²) in [5.41, 5.74) is -0.167. The van der Waals surface area contributed by atoms with E-state index in [9.17, 15) is 13.2 Å². The number of hydrogen-bond acceptors (Lipinski definition) is 2. The summed E-state index contributed by atoms with van der Waals surface area (Å²) < 4.78 is 39.4. The maximum Gasteiger partial charge on any atom is 0.418 e. The summed E-state index contributed by atoms with van der Waals surface area (Å²) in [6, 6.07) is 5.92. The number of hydrogen-bond donors (Lipinski definition) is 1. The molecule has 1 spiro atoms. The lowest BCUT2D eigenvalue weighted by Gasteiger charge is -2.43. The van der Waals surface area contributed by atoms with E-state index in [4.69, 9.17) is 0 Å². The second-order valence-electron chi connectivity index (χ2n) is 5.85. The van der Waals surface area contributed by atoms with Gasteiger partial charge in [-0.15, -0.1) is 0 Å². The van der Waals surface area contributed by atoms with Gasteiger partial charge in [-0.1, -0.05) is 25.0 Å². The largest absolute Gasteiger partial charge is 0.418 e. The van der Waals surface area contributed by atoms with Gasteiger partial charge in [-0.3, -0.25) is 0 Å². The van der Waals surface area contributed by atoms with E-state index in [-0.39, 0.29) is 5.54 Å². The van der Waals surface area contributed by atoms with Gasteiger partial charge < -0.3 is 10.2 Å². The predicted octanol–water partition coefficient (Wildman–Crippen LogP) is 3.43. The van der Waals surface area contributed by atoms with Crippen LogP contribution in [-0.2, 0) is 6.18 Å². The lowest BCUT2D eigenvalue weighted by molar-refractivity contribution is -0.137. The Morgan fingerprint density at radius 2 is 1.80 bits per heavy atom. The Labute approximate surface area is 117 Å². The van der Waals surface area contributed by atoms with Gasteiger partial charge in [-0.05, 0) is 25.0 Å². The molecule has 0 unspecified atom stereocenters. The molecular formula is C15H19F3N2. The molecule has 0 amide bonds. The zero-order chi connectivity index (χ0) is 14.2. The van der Waals surface area contributed by atoms with Crippen LogP contribution in [0.3, 0.4) is 0 Å². The molecule has 1 aliphatic carbocycles. The minimum Gasteiger partial charge on any atom is -0.368 e. The molecule has 5 heteroatoms. The second kappa shape index (κ2) is 4.95. The van der Waals surface area contributed by atoms with Gasteiger partial charge in [0.1, 0.15) is 0 Å². The maximum absolute atomic E-state index is 13.1. The molecule has 1 aromatic rings. The monoisotopic (exact) mass is 284 g/mol. The first kappa shape index (κ1) is 13.7. The molecule has 1 aromatic carbocycles. The molecule has 2 aliphatic rings. The fourth-order valence-corrected chi connectivity index (χ4v) is 3.54. The smallest absolute Gasteiger partial charge is 0.368 e. The summed E-state index contributed by atoms with van der Waals surface area (Å²) in [7, 11) is 0. The van der Waals surface area contributed by atoms with Crippen molar-refractivity contribution in [2.24, 2.45) is 0 Å². The normalized spacial score (nSPS) is 22.4. The topological polar surface area (TPSA) is 15.3 Å². The molecule has 1 aliphatic heterocycles. The third kappa shape index (κ3) is 2.51. The fraction of sp³-hybridized carbons (Fsp3) is 0.600.